The van der Waals surface area contributed by atoms with Gasteiger partial charge in [0.25, 0.3) is 0 Å². The molecule has 178 valence electrons. The van der Waals surface area contributed by atoms with Crippen molar-refractivity contribution in [2.45, 2.75) is 4.90 Å². The van der Waals surface area contributed by atoms with Crippen LogP contribution < -0.4 is 9.64 Å². The van der Waals surface area contributed by atoms with Crippen LogP contribution in [0.15, 0.2) is 41.8 Å². The van der Waals surface area contributed by atoms with Gasteiger partial charge in [0.15, 0.2) is 17.0 Å². The van der Waals surface area contributed by atoms with Crippen LogP contribution in [-0.2, 0) is 24.1 Å². The average Bonchev–Trinajstić information content (AvgIpc) is 3.42. The third-order valence-corrected chi connectivity index (χ3v) is 8.04. The largest absolute Gasteiger partial charge is 0.495 e. The molecule has 1 aliphatic heterocycles. The number of fused-ring (bicyclic) bond motifs is 1. The number of aromatic nitrogens is 6. The van der Waals surface area contributed by atoms with Gasteiger partial charge in [-0.15, -0.1) is 0 Å². The third-order valence-electron chi connectivity index (χ3n) is 5.88. The van der Waals surface area contributed by atoms with Gasteiger partial charge >= 0.3 is 0 Å². The van der Waals surface area contributed by atoms with Gasteiger partial charge in [-0.3, -0.25) is 4.68 Å². The lowest BCUT2D eigenvalue weighted by Crippen LogP contribution is -2.49. The maximum absolute atomic E-state index is 13.3. The van der Waals surface area contributed by atoms with Crippen LogP contribution in [0.1, 0.15) is 0 Å². The number of benzene rings is 1. The molecule has 1 saturated heterocycles. The number of hydrogen-bond acceptors (Lipinski definition) is 8. The number of ether oxygens (including phenoxy) is 1. The zero-order valence-corrected chi connectivity index (χ0v) is 20.5. The van der Waals surface area contributed by atoms with E-state index in [2.05, 4.69) is 15.1 Å². The minimum atomic E-state index is -3.78. The Morgan fingerprint density at radius 1 is 1.09 bits per heavy atom. The molecule has 0 bridgehead atoms. The standard InChI is InChI=1S/C21H23ClN8O3S/c1-27-12-14(11-25-27)19-26-18-20(28(19)2)23-13-24-21(18)29-6-8-30(9-7-29)34(31,32)17-10-15(22)4-5-16(17)33-3/h4-5,10-13H,6-9H2,1-3H3. The number of sulfonamides is 1. The second kappa shape index (κ2) is 8.53. The predicted octanol–water partition coefficient (Wildman–Crippen LogP) is 1.94. The van der Waals surface area contributed by atoms with E-state index in [0.717, 1.165) is 11.4 Å². The first-order valence-corrected chi connectivity index (χ1v) is 12.4. The summed E-state index contributed by atoms with van der Waals surface area (Å²) in [5, 5.41) is 4.56. The highest BCUT2D eigenvalue weighted by molar-refractivity contribution is 7.89. The number of hydrogen-bond donors (Lipinski definition) is 0. The molecule has 0 radical (unpaired) electrons. The zero-order valence-electron chi connectivity index (χ0n) is 18.9. The molecule has 1 aromatic carbocycles. The van der Waals surface area contributed by atoms with Crippen LogP contribution in [0.4, 0.5) is 5.82 Å². The number of imidazole rings is 1. The van der Waals surface area contributed by atoms with Crippen molar-refractivity contribution in [3.05, 3.63) is 41.9 Å². The van der Waals surface area contributed by atoms with Gasteiger partial charge in [0, 0.05) is 51.5 Å². The highest BCUT2D eigenvalue weighted by Crippen LogP contribution is 2.32. The van der Waals surface area contributed by atoms with Gasteiger partial charge in [0.05, 0.1) is 18.9 Å². The van der Waals surface area contributed by atoms with Crippen LogP contribution >= 0.6 is 11.6 Å². The van der Waals surface area contributed by atoms with E-state index >= 15 is 0 Å². The van der Waals surface area contributed by atoms with Crippen molar-refractivity contribution in [3.63, 3.8) is 0 Å². The number of rotatable bonds is 5. The van der Waals surface area contributed by atoms with Crippen LogP contribution in [0.25, 0.3) is 22.6 Å². The molecule has 13 heteroatoms. The second-order valence-corrected chi connectivity index (χ2v) is 10.3. The number of nitrogens with zero attached hydrogens (tertiary/aromatic N) is 8. The molecule has 4 aromatic rings. The number of anilines is 1. The minimum Gasteiger partial charge on any atom is -0.495 e. The molecule has 1 fully saturated rings. The van der Waals surface area contributed by atoms with Crippen LogP contribution in [0, 0.1) is 0 Å². The van der Waals surface area contributed by atoms with Gasteiger partial charge < -0.3 is 14.2 Å². The Balaban J connectivity index is 1.42. The molecular weight excluding hydrogens is 480 g/mol. The van der Waals surface area contributed by atoms with Gasteiger partial charge in [0.2, 0.25) is 10.0 Å². The third kappa shape index (κ3) is 3.77. The lowest BCUT2D eigenvalue weighted by molar-refractivity contribution is 0.374. The van der Waals surface area contributed by atoms with Crippen molar-refractivity contribution in [1.82, 2.24) is 33.6 Å². The molecule has 0 unspecified atom stereocenters. The number of halogens is 1. The first-order chi connectivity index (χ1) is 16.3. The monoisotopic (exact) mass is 502 g/mol. The molecule has 3 aromatic heterocycles. The van der Waals surface area contributed by atoms with Crippen molar-refractivity contribution in [3.8, 4) is 17.1 Å². The van der Waals surface area contributed by atoms with Crippen molar-refractivity contribution < 1.29 is 13.2 Å². The predicted molar refractivity (Wildman–Crippen MR) is 127 cm³/mol. The summed E-state index contributed by atoms with van der Waals surface area (Å²) >= 11 is 6.06. The second-order valence-electron chi connectivity index (χ2n) is 7.95. The van der Waals surface area contributed by atoms with Gasteiger partial charge in [0.1, 0.15) is 22.8 Å². The molecule has 11 nitrogen and oxygen atoms in total. The summed E-state index contributed by atoms with van der Waals surface area (Å²) in [5.74, 6) is 1.67. The van der Waals surface area contributed by atoms with Crippen molar-refractivity contribution in [2.75, 3.05) is 38.2 Å². The molecule has 1 aliphatic rings. The Morgan fingerprint density at radius 2 is 1.85 bits per heavy atom. The Bertz CT molecular complexity index is 1470. The summed E-state index contributed by atoms with van der Waals surface area (Å²) in [6, 6.07) is 4.58. The van der Waals surface area contributed by atoms with Gasteiger partial charge in [-0.1, -0.05) is 11.6 Å². The Kier molecular flexibility index (Phi) is 5.66. The van der Waals surface area contributed by atoms with E-state index in [-0.39, 0.29) is 23.7 Å². The van der Waals surface area contributed by atoms with E-state index in [4.69, 9.17) is 21.3 Å². The smallest absolute Gasteiger partial charge is 0.246 e. The van der Waals surface area contributed by atoms with Crippen LogP contribution in [0.3, 0.4) is 0 Å². The van der Waals surface area contributed by atoms with E-state index in [1.807, 2.05) is 29.8 Å². The Hall–Kier alpha value is -3.22. The number of methoxy groups -OCH3 is 1. The molecule has 0 spiro atoms. The summed E-state index contributed by atoms with van der Waals surface area (Å²) in [4.78, 5) is 15.8. The quantitative estimate of drug-likeness (QED) is 0.407. The molecule has 0 atom stereocenters. The molecule has 0 amide bonds. The molecule has 0 saturated carbocycles. The number of aryl methyl sites for hydroxylation is 2. The fourth-order valence-corrected chi connectivity index (χ4v) is 5.99. The maximum Gasteiger partial charge on any atom is 0.246 e. The summed E-state index contributed by atoms with van der Waals surface area (Å²) in [6.07, 6.45) is 5.15. The van der Waals surface area contributed by atoms with Crippen molar-refractivity contribution in [2.24, 2.45) is 14.1 Å². The molecular formula is C21H23ClN8O3S. The van der Waals surface area contributed by atoms with Gasteiger partial charge in [-0.25, -0.2) is 23.4 Å². The summed E-state index contributed by atoms with van der Waals surface area (Å²) in [7, 11) is 1.41. The van der Waals surface area contributed by atoms with E-state index < -0.39 is 10.0 Å². The highest BCUT2D eigenvalue weighted by atomic mass is 35.5. The number of piperazine rings is 1. The first kappa shape index (κ1) is 22.6. The van der Waals surface area contributed by atoms with E-state index in [1.165, 1.54) is 23.8 Å². The van der Waals surface area contributed by atoms with Crippen LogP contribution in [0.5, 0.6) is 5.75 Å². The summed E-state index contributed by atoms with van der Waals surface area (Å²) in [5.41, 5.74) is 2.24. The minimum absolute atomic E-state index is 0.0613. The molecule has 5 rings (SSSR count). The summed E-state index contributed by atoms with van der Waals surface area (Å²) < 4.78 is 36.9. The lowest BCUT2D eigenvalue weighted by Gasteiger charge is -2.34. The Morgan fingerprint density at radius 3 is 2.53 bits per heavy atom. The van der Waals surface area contributed by atoms with E-state index in [1.54, 1.807) is 23.0 Å². The topological polar surface area (TPSA) is 111 Å². The van der Waals surface area contributed by atoms with Gasteiger partial charge in [-0.2, -0.15) is 9.40 Å². The maximum atomic E-state index is 13.3. The fourth-order valence-electron chi connectivity index (χ4n) is 4.14. The fraction of sp³-hybridized carbons (Fsp3) is 0.333. The van der Waals surface area contributed by atoms with Crippen molar-refractivity contribution >= 4 is 38.6 Å². The van der Waals surface area contributed by atoms with Crippen molar-refractivity contribution in [1.29, 1.82) is 0 Å². The lowest BCUT2D eigenvalue weighted by atomic mass is 10.3. The normalized spacial score (nSPS) is 15.2. The van der Waals surface area contributed by atoms with Crippen LogP contribution in [0.2, 0.25) is 5.02 Å². The molecule has 34 heavy (non-hydrogen) atoms. The first-order valence-electron chi connectivity index (χ1n) is 10.5. The van der Waals surface area contributed by atoms with Crippen LogP contribution in [-0.4, -0.2) is 75.3 Å². The highest BCUT2D eigenvalue weighted by Gasteiger charge is 2.32. The molecule has 0 aliphatic carbocycles. The molecule has 0 N–H and O–H groups in total. The van der Waals surface area contributed by atoms with E-state index in [9.17, 15) is 8.42 Å². The Labute approximate surface area is 201 Å². The van der Waals surface area contributed by atoms with Gasteiger partial charge in [-0.05, 0) is 18.2 Å². The summed E-state index contributed by atoms with van der Waals surface area (Å²) in [6.45, 7) is 1.47. The van der Waals surface area contributed by atoms with E-state index in [0.29, 0.717) is 35.1 Å². The molecule has 4 heterocycles. The zero-order chi connectivity index (χ0) is 24.0. The SMILES string of the molecule is COc1ccc(Cl)cc1S(=O)(=O)N1CCN(c2ncnc3c2nc(-c2cnn(C)c2)n3C)CC1. The average molecular weight is 503 g/mol.